The minimum Gasteiger partial charge on any atom is -0.481 e. The average Bonchev–Trinajstić information content (AvgIpc) is 2.41. The number of carbonyl (C=O) groups excluding carboxylic acids is 1. The fourth-order valence-corrected chi connectivity index (χ4v) is 2.60. The van der Waals surface area contributed by atoms with Gasteiger partial charge in [-0.25, -0.2) is 0 Å². The first-order chi connectivity index (χ1) is 9.49. The first kappa shape index (κ1) is 14.5. The summed E-state index contributed by atoms with van der Waals surface area (Å²) in [5, 5.41) is 11.6. The van der Waals surface area contributed by atoms with Gasteiger partial charge in [-0.15, -0.1) is 0 Å². The molecule has 5 nitrogen and oxygen atoms in total. The SMILES string of the molecule is CC1(C(=O)Nc2ccc(CC(=O)O)nc2)CCCCC1. The maximum Gasteiger partial charge on any atom is 0.309 e. The van der Waals surface area contributed by atoms with E-state index in [-0.39, 0.29) is 17.7 Å². The number of rotatable bonds is 4. The fourth-order valence-electron chi connectivity index (χ4n) is 2.60. The summed E-state index contributed by atoms with van der Waals surface area (Å²) in [6.07, 6.45) is 6.65. The van der Waals surface area contributed by atoms with Crippen LogP contribution in [0.3, 0.4) is 0 Å². The molecule has 0 bridgehead atoms. The standard InChI is InChI=1S/C15H20N2O3/c1-15(7-3-2-4-8-15)14(20)17-12-6-5-11(16-10-12)9-13(18)19/h5-6,10H,2-4,7-9H2,1H3,(H,17,20)(H,18,19). The number of nitrogens with zero attached hydrogens (tertiary/aromatic N) is 1. The number of aliphatic carboxylic acids is 1. The van der Waals surface area contributed by atoms with Gasteiger partial charge in [0, 0.05) is 5.41 Å². The topological polar surface area (TPSA) is 79.3 Å². The third-order valence-corrected chi connectivity index (χ3v) is 3.92. The number of carboxylic acid groups (broad SMARTS) is 1. The number of nitrogens with one attached hydrogen (secondary N) is 1. The summed E-state index contributed by atoms with van der Waals surface area (Å²) in [5.74, 6) is -0.881. The Balaban J connectivity index is 1.98. The molecule has 1 aliphatic rings. The summed E-state index contributed by atoms with van der Waals surface area (Å²) >= 11 is 0. The second-order valence-electron chi connectivity index (χ2n) is 5.68. The van der Waals surface area contributed by atoms with Crippen LogP contribution in [-0.4, -0.2) is 22.0 Å². The molecule has 0 aromatic carbocycles. The lowest BCUT2D eigenvalue weighted by molar-refractivity contribution is -0.136. The molecule has 0 spiro atoms. The van der Waals surface area contributed by atoms with E-state index in [1.54, 1.807) is 12.1 Å². The molecular formula is C15H20N2O3. The Morgan fingerprint density at radius 1 is 1.30 bits per heavy atom. The fraction of sp³-hybridized carbons (Fsp3) is 0.533. The molecule has 0 unspecified atom stereocenters. The number of anilines is 1. The lowest BCUT2D eigenvalue weighted by Crippen LogP contribution is -2.35. The normalized spacial score (nSPS) is 17.4. The van der Waals surface area contributed by atoms with Crippen molar-refractivity contribution < 1.29 is 14.7 Å². The van der Waals surface area contributed by atoms with Crippen molar-refractivity contribution in [1.29, 1.82) is 0 Å². The van der Waals surface area contributed by atoms with Gasteiger partial charge in [-0.3, -0.25) is 14.6 Å². The van der Waals surface area contributed by atoms with Gasteiger partial charge in [-0.1, -0.05) is 26.2 Å². The van der Waals surface area contributed by atoms with E-state index in [1.807, 2.05) is 6.92 Å². The Morgan fingerprint density at radius 3 is 2.55 bits per heavy atom. The van der Waals surface area contributed by atoms with Crippen LogP contribution in [0.2, 0.25) is 0 Å². The molecule has 108 valence electrons. The number of amides is 1. The third-order valence-electron chi connectivity index (χ3n) is 3.92. The predicted octanol–water partition coefficient (Wildman–Crippen LogP) is 2.62. The Kier molecular flexibility index (Phi) is 4.37. The lowest BCUT2D eigenvalue weighted by Gasteiger charge is -2.31. The summed E-state index contributed by atoms with van der Waals surface area (Å²) < 4.78 is 0. The maximum absolute atomic E-state index is 12.3. The van der Waals surface area contributed by atoms with Crippen LogP contribution < -0.4 is 5.32 Å². The highest BCUT2D eigenvalue weighted by atomic mass is 16.4. The van der Waals surface area contributed by atoms with Gasteiger partial charge in [-0.05, 0) is 25.0 Å². The highest BCUT2D eigenvalue weighted by Crippen LogP contribution is 2.36. The first-order valence-electron chi connectivity index (χ1n) is 6.98. The molecular weight excluding hydrogens is 256 g/mol. The molecule has 20 heavy (non-hydrogen) atoms. The van der Waals surface area contributed by atoms with Crippen LogP contribution in [0.15, 0.2) is 18.3 Å². The summed E-state index contributed by atoms with van der Waals surface area (Å²) in [6.45, 7) is 2.01. The monoisotopic (exact) mass is 276 g/mol. The van der Waals surface area contributed by atoms with Crippen molar-refractivity contribution in [2.75, 3.05) is 5.32 Å². The van der Waals surface area contributed by atoms with E-state index >= 15 is 0 Å². The summed E-state index contributed by atoms with van der Waals surface area (Å²) in [6, 6.07) is 3.34. The van der Waals surface area contributed by atoms with Gasteiger partial charge in [0.2, 0.25) is 5.91 Å². The molecule has 0 aliphatic heterocycles. The van der Waals surface area contributed by atoms with Crippen molar-refractivity contribution in [3.63, 3.8) is 0 Å². The molecule has 0 atom stereocenters. The highest BCUT2D eigenvalue weighted by molar-refractivity contribution is 5.95. The summed E-state index contributed by atoms with van der Waals surface area (Å²) in [4.78, 5) is 26.9. The van der Waals surface area contributed by atoms with Crippen LogP contribution in [0, 0.1) is 5.41 Å². The van der Waals surface area contributed by atoms with E-state index in [9.17, 15) is 9.59 Å². The van der Waals surface area contributed by atoms with Crippen LogP contribution >= 0.6 is 0 Å². The van der Waals surface area contributed by atoms with Gasteiger partial charge >= 0.3 is 5.97 Å². The van der Waals surface area contributed by atoms with Gasteiger partial charge in [0.05, 0.1) is 24.0 Å². The molecule has 0 radical (unpaired) electrons. The number of pyridine rings is 1. The van der Waals surface area contributed by atoms with Gasteiger partial charge in [0.25, 0.3) is 0 Å². The van der Waals surface area contributed by atoms with E-state index < -0.39 is 5.97 Å². The summed E-state index contributed by atoms with van der Waals surface area (Å²) in [5.41, 5.74) is 0.813. The average molecular weight is 276 g/mol. The van der Waals surface area contributed by atoms with Crippen molar-refractivity contribution >= 4 is 17.6 Å². The quantitative estimate of drug-likeness (QED) is 0.886. The minimum absolute atomic E-state index is 0.0324. The molecule has 0 saturated heterocycles. The molecule has 2 rings (SSSR count). The predicted molar refractivity (Wildman–Crippen MR) is 75.4 cm³/mol. The van der Waals surface area contributed by atoms with Gasteiger partial charge < -0.3 is 10.4 Å². The van der Waals surface area contributed by atoms with Crippen LogP contribution in [0.5, 0.6) is 0 Å². The van der Waals surface area contributed by atoms with Crippen molar-refractivity contribution in [3.8, 4) is 0 Å². The number of carboxylic acids is 1. The zero-order valence-corrected chi connectivity index (χ0v) is 11.7. The molecule has 2 N–H and O–H groups in total. The van der Waals surface area contributed by atoms with E-state index in [1.165, 1.54) is 12.6 Å². The Bertz CT molecular complexity index is 490. The van der Waals surface area contributed by atoms with Gasteiger partial charge in [0.1, 0.15) is 0 Å². The molecule has 1 aromatic rings. The molecule has 5 heteroatoms. The van der Waals surface area contributed by atoms with Crippen molar-refractivity contribution in [1.82, 2.24) is 4.98 Å². The molecule has 1 saturated carbocycles. The maximum atomic E-state index is 12.3. The number of hydrogen-bond donors (Lipinski definition) is 2. The lowest BCUT2D eigenvalue weighted by atomic mass is 9.75. The second kappa shape index (κ2) is 6.03. The van der Waals surface area contributed by atoms with Crippen LogP contribution in [0.25, 0.3) is 0 Å². The van der Waals surface area contributed by atoms with Crippen molar-refractivity contribution in [2.24, 2.45) is 5.41 Å². The third kappa shape index (κ3) is 3.56. The highest BCUT2D eigenvalue weighted by Gasteiger charge is 2.34. The van der Waals surface area contributed by atoms with Crippen LogP contribution in [-0.2, 0) is 16.0 Å². The first-order valence-corrected chi connectivity index (χ1v) is 6.98. The van der Waals surface area contributed by atoms with E-state index in [0.717, 1.165) is 25.7 Å². The van der Waals surface area contributed by atoms with E-state index in [2.05, 4.69) is 10.3 Å². The Morgan fingerprint density at radius 2 is 2.00 bits per heavy atom. The van der Waals surface area contributed by atoms with E-state index in [4.69, 9.17) is 5.11 Å². The smallest absolute Gasteiger partial charge is 0.309 e. The van der Waals surface area contributed by atoms with Crippen molar-refractivity contribution in [3.05, 3.63) is 24.0 Å². The second-order valence-corrected chi connectivity index (χ2v) is 5.68. The zero-order valence-electron chi connectivity index (χ0n) is 11.7. The molecule has 1 fully saturated rings. The number of carbonyl (C=O) groups is 2. The molecule has 1 aliphatic carbocycles. The van der Waals surface area contributed by atoms with Crippen molar-refractivity contribution in [2.45, 2.75) is 45.4 Å². The van der Waals surface area contributed by atoms with Crippen LogP contribution in [0.4, 0.5) is 5.69 Å². The summed E-state index contributed by atoms with van der Waals surface area (Å²) in [7, 11) is 0. The van der Waals surface area contributed by atoms with E-state index in [0.29, 0.717) is 11.4 Å². The molecule has 1 amide bonds. The molecule has 1 heterocycles. The van der Waals surface area contributed by atoms with Crippen LogP contribution in [0.1, 0.15) is 44.7 Å². The molecule has 1 aromatic heterocycles. The largest absolute Gasteiger partial charge is 0.481 e. The minimum atomic E-state index is -0.913. The Hall–Kier alpha value is -1.91. The van der Waals surface area contributed by atoms with Gasteiger partial charge in [0.15, 0.2) is 0 Å². The number of hydrogen-bond acceptors (Lipinski definition) is 3. The van der Waals surface area contributed by atoms with Gasteiger partial charge in [-0.2, -0.15) is 0 Å². The zero-order chi connectivity index (χ0) is 14.6. The number of aromatic nitrogens is 1. The Labute approximate surface area is 118 Å².